The summed E-state index contributed by atoms with van der Waals surface area (Å²) in [6, 6.07) is 4.13. The highest BCUT2D eigenvalue weighted by molar-refractivity contribution is 5.87. The molecule has 0 atom stereocenters. The van der Waals surface area contributed by atoms with E-state index < -0.39 is 17.6 Å². The number of benzene rings is 1. The second-order valence-corrected chi connectivity index (χ2v) is 2.68. The molecule has 0 radical (unpaired) electrons. The minimum absolute atomic E-state index is 0.267. The molecule has 0 fully saturated rings. The van der Waals surface area contributed by atoms with Crippen LogP contribution in [0.4, 0.5) is 8.78 Å². The topological polar surface area (TPSA) is 26.3 Å². The van der Waals surface area contributed by atoms with Gasteiger partial charge in [0, 0.05) is 0 Å². The van der Waals surface area contributed by atoms with Crippen molar-refractivity contribution in [1.82, 2.24) is 0 Å². The Kier molecular flexibility index (Phi) is 2.96. The van der Waals surface area contributed by atoms with Crippen LogP contribution in [0.1, 0.15) is 5.56 Å². The van der Waals surface area contributed by atoms with E-state index in [0.29, 0.717) is 5.56 Å². The molecule has 1 rings (SSSR count). The van der Waals surface area contributed by atoms with Crippen LogP contribution in [0.2, 0.25) is 0 Å². The normalized spacial score (nSPS) is 9.64. The molecular formula is C10H8F2O2. The second kappa shape index (κ2) is 4.00. The third-order valence-electron chi connectivity index (χ3n) is 1.58. The molecule has 0 spiro atoms. The monoisotopic (exact) mass is 198 g/mol. The molecule has 4 heteroatoms. The zero-order valence-corrected chi connectivity index (χ0v) is 7.51. The molecule has 0 heterocycles. The zero-order valence-electron chi connectivity index (χ0n) is 7.51. The van der Waals surface area contributed by atoms with Gasteiger partial charge >= 0.3 is 5.97 Å². The van der Waals surface area contributed by atoms with Crippen LogP contribution in [0.5, 0.6) is 5.75 Å². The molecule has 0 saturated heterocycles. The summed E-state index contributed by atoms with van der Waals surface area (Å²) in [5.74, 6) is -3.51. The zero-order chi connectivity index (χ0) is 10.7. The van der Waals surface area contributed by atoms with Crippen molar-refractivity contribution in [3.8, 4) is 5.75 Å². The summed E-state index contributed by atoms with van der Waals surface area (Å²) in [6.45, 7) is 4.30. The predicted octanol–water partition coefficient (Wildman–Crippen LogP) is 2.52. The van der Waals surface area contributed by atoms with Crippen LogP contribution in [0, 0.1) is 12.7 Å². The Hall–Kier alpha value is -1.71. The number of para-hydroxylation sites is 1. The molecule has 1 aromatic rings. The van der Waals surface area contributed by atoms with Crippen molar-refractivity contribution in [2.24, 2.45) is 0 Å². The Bertz CT molecular complexity index is 365. The average molecular weight is 198 g/mol. The highest BCUT2D eigenvalue weighted by Gasteiger charge is 2.14. The van der Waals surface area contributed by atoms with Crippen molar-refractivity contribution < 1.29 is 18.3 Å². The highest BCUT2D eigenvalue weighted by atomic mass is 19.1. The quantitative estimate of drug-likeness (QED) is 0.414. The molecule has 1 aromatic carbocycles. The summed E-state index contributed by atoms with van der Waals surface area (Å²) in [5, 5.41) is 0. The first kappa shape index (κ1) is 10.4. The minimum atomic E-state index is -1.28. The number of esters is 1. The number of hydrogen-bond acceptors (Lipinski definition) is 2. The fraction of sp³-hybridized carbons (Fsp3) is 0.100. The summed E-state index contributed by atoms with van der Waals surface area (Å²) in [5.41, 5.74) is 0.416. The van der Waals surface area contributed by atoms with Gasteiger partial charge in [0.2, 0.25) is 5.83 Å². The number of hydrogen-bond donors (Lipinski definition) is 0. The van der Waals surface area contributed by atoms with Crippen LogP contribution in [0.15, 0.2) is 30.6 Å². The third-order valence-corrected chi connectivity index (χ3v) is 1.58. The molecule has 0 bridgehead atoms. The van der Waals surface area contributed by atoms with Crippen LogP contribution in [0.25, 0.3) is 0 Å². The van der Waals surface area contributed by atoms with E-state index in [0.717, 1.165) is 6.07 Å². The maximum atomic E-state index is 13.0. The highest BCUT2D eigenvalue weighted by Crippen LogP contribution is 2.22. The van der Waals surface area contributed by atoms with Gasteiger partial charge in [0.05, 0.1) is 0 Å². The lowest BCUT2D eigenvalue weighted by Gasteiger charge is -2.06. The lowest BCUT2D eigenvalue weighted by molar-refractivity contribution is -0.131. The molecule has 0 aliphatic carbocycles. The summed E-state index contributed by atoms with van der Waals surface area (Å²) in [6.07, 6.45) is 0. The van der Waals surface area contributed by atoms with Gasteiger partial charge in [0.15, 0.2) is 11.6 Å². The predicted molar refractivity (Wildman–Crippen MR) is 47.0 cm³/mol. The molecule has 0 aliphatic rings. The van der Waals surface area contributed by atoms with E-state index in [1.807, 2.05) is 0 Å². The summed E-state index contributed by atoms with van der Waals surface area (Å²) in [4.78, 5) is 10.8. The molecule has 0 amide bonds. The molecule has 2 nitrogen and oxygen atoms in total. The third kappa shape index (κ3) is 2.16. The molecule has 0 unspecified atom stereocenters. The molecule has 0 aliphatic heterocycles. The van der Waals surface area contributed by atoms with E-state index in [-0.39, 0.29) is 5.75 Å². The van der Waals surface area contributed by atoms with Gasteiger partial charge in [-0.1, -0.05) is 18.7 Å². The number of carbonyl (C=O) groups excluding carboxylic acids is 1. The van der Waals surface area contributed by atoms with E-state index >= 15 is 0 Å². The van der Waals surface area contributed by atoms with Crippen molar-refractivity contribution in [1.29, 1.82) is 0 Å². The minimum Gasteiger partial charge on any atom is -0.418 e. The van der Waals surface area contributed by atoms with Crippen molar-refractivity contribution in [3.05, 3.63) is 42.0 Å². The second-order valence-electron chi connectivity index (χ2n) is 2.68. The van der Waals surface area contributed by atoms with Gasteiger partial charge in [0.25, 0.3) is 0 Å². The number of aryl methyl sites for hydroxylation is 1. The van der Waals surface area contributed by atoms with Crippen molar-refractivity contribution in [3.63, 3.8) is 0 Å². The van der Waals surface area contributed by atoms with Crippen LogP contribution < -0.4 is 4.74 Å². The van der Waals surface area contributed by atoms with Gasteiger partial charge in [-0.25, -0.2) is 9.18 Å². The molecule has 0 saturated carbocycles. The molecule has 0 N–H and O–H groups in total. The Labute approximate surface area is 79.8 Å². The number of ether oxygens (including phenoxy) is 1. The van der Waals surface area contributed by atoms with Crippen molar-refractivity contribution in [2.45, 2.75) is 6.92 Å². The Balaban J connectivity index is 2.97. The Morgan fingerprint density at radius 3 is 2.64 bits per heavy atom. The lowest BCUT2D eigenvalue weighted by atomic mass is 10.2. The van der Waals surface area contributed by atoms with Gasteiger partial charge in [-0.15, -0.1) is 0 Å². The molecule has 14 heavy (non-hydrogen) atoms. The SMILES string of the molecule is C=C(F)C(=O)Oc1c(C)cccc1F. The first-order valence-corrected chi connectivity index (χ1v) is 3.84. The van der Waals surface area contributed by atoms with E-state index in [1.54, 1.807) is 13.0 Å². The van der Waals surface area contributed by atoms with E-state index in [4.69, 9.17) is 0 Å². The summed E-state index contributed by atoms with van der Waals surface area (Å²) < 4.78 is 29.7. The molecule has 0 aromatic heterocycles. The van der Waals surface area contributed by atoms with Crippen molar-refractivity contribution >= 4 is 5.97 Å². The van der Waals surface area contributed by atoms with Crippen LogP contribution in [0.3, 0.4) is 0 Å². The van der Waals surface area contributed by atoms with Gasteiger partial charge in [0.1, 0.15) is 0 Å². The Morgan fingerprint density at radius 1 is 1.50 bits per heavy atom. The lowest BCUT2D eigenvalue weighted by Crippen LogP contribution is -2.09. The number of rotatable bonds is 2. The first-order chi connectivity index (χ1) is 6.52. The van der Waals surface area contributed by atoms with Gasteiger partial charge in [-0.2, -0.15) is 4.39 Å². The smallest absolute Gasteiger partial charge is 0.372 e. The van der Waals surface area contributed by atoms with Gasteiger partial charge < -0.3 is 4.74 Å². The average Bonchev–Trinajstić information content (AvgIpc) is 2.11. The number of halogens is 2. The van der Waals surface area contributed by atoms with E-state index in [1.165, 1.54) is 6.07 Å². The largest absolute Gasteiger partial charge is 0.418 e. The maximum absolute atomic E-state index is 13.0. The van der Waals surface area contributed by atoms with Gasteiger partial charge in [-0.05, 0) is 18.6 Å². The summed E-state index contributed by atoms with van der Waals surface area (Å²) >= 11 is 0. The standard InChI is InChI=1S/C10H8F2O2/c1-6-4-3-5-8(12)9(6)14-10(13)7(2)11/h3-5H,2H2,1H3. The maximum Gasteiger partial charge on any atom is 0.372 e. The van der Waals surface area contributed by atoms with E-state index in [9.17, 15) is 13.6 Å². The fourth-order valence-corrected chi connectivity index (χ4v) is 0.894. The van der Waals surface area contributed by atoms with Crippen LogP contribution in [-0.4, -0.2) is 5.97 Å². The van der Waals surface area contributed by atoms with E-state index in [2.05, 4.69) is 11.3 Å². The Morgan fingerprint density at radius 2 is 2.14 bits per heavy atom. The van der Waals surface area contributed by atoms with Crippen LogP contribution in [-0.2, 0) is 4.79 Å². The molecular weight excluding hydrogens is 190 g/mol. The number of carbonyl (C=O) groups is 1. The first-order valence-electron chi connectivity index (χ1n) is 3.84. The van der Waals surface area contributed by atoms with Crippen molar-refractivity contribution in [2.75, 3.05) is 0 Å². The van der Waals surface area contributed by atoms with Crippen LogP contribution >= 0.6 is 0 Å². The fourth-order valence-electron chi connectivity index (χ4n) is 0.894. The van der Waals surface area contributed by atoms with Gasteiger partial charge in [-0.3, -0.25) is 0 Å². The molecule has 74 valence electrons. The summed E-state index contributed by atoms with van der Waals surface area (Å²) in [7, 11) is 0.